The molecule has 0 aliphatic heterocycles. The SMILES string of the molecule is O=C(NCc1ccccc1F)c1cnc(NCc2ccccc2)cn1. The van der Waals surface area contributed by atoms with E-state index in [1.54, 1.807) is 18.2 Å². The molecule has 0 unspecified atom stereocenters. The van der Waals surface area contributed by atoms with Crippen LogP contribution in [-0.2, 0) is 13.1 Å². The summed E-state index contributed by atoms with van der Waals surface area (Å²) in [5.41, 5.74) is 1.72. The average Bonchev–Trinajstić information content (AvgIpc) is 2.67. The lowest BCUT2D eigenvalue weighted by molar-refractivity contribution is 0.0945. The number of carbonyl (C=O) groups is 1. The molecule has 0 fully saturated rings. The molecule has 0 saturated heterocycles. The minimum atomic E-state index is -0.398. The van der Waals surface area contributed by atoms with Crippen LogP contribution in [0, 0.1) is 5.82 Å². The van der Waals surface area contributed by atoms with E-state index in [9.17, 15) is 9.18 Å². The molecular formula is C19H17FN4O. The fourth-order valence-corrected chi connectivity index (χ4v) is 2.23. The molecule has 0 radical (unpaired) electrons. The van der Waals surface area contributed by atoms with Crippen LogP contribution in [0.4, 0.5) is 10.2 Å². The predicted molar refractivity (Wildman–Crippen MR) is 93.4 cm³/mol. The first-order valence-electron chi connectivity index (χ1n) is 7.84. The topological polar surface area (TPSA) is 66.9 Å². The van der Waals surface area contributed by atoms with E-state index in [2.05, 4.69) is 20.6 Å². The van der Waals surface area contributed by atoms with Crippen LogP contribution in [0.1, 0.15) is 21.6 Å². The number of anilines is 1. The van der Waals surface area contributed by atoms with Gasteiger partial charge in [-0.25, -0.2) is 14.4 Å². The van der Waals surface area contributed by atoms with E-state index in [-0.39, 0.29) is 18.1 Å². The smallest absolute Gasteiger partial charge is 0.271 e. The summed E-state index contributed by atoms with van der Waals surface area (Å²) in [6, 6.07) is 16.2. The van der Waals surface area contributed by atoms with Crippen molar-refractivity contribution in [2.75, 3.05) is 5.32 Å². The Morgan fingerprint density at radius 3 is 2.40 bits per heavy atom. The Morgan fingerprint density at radius 2 is 1.68 bits per heavy atom. The van der Waals surface area contributed by atoms with Gasteiger partial charge in [-0.05, 0) is 11.6 Å². The van der Waals surface area contributed by atoms with Crippen molar-refractivity contribution in [2.45, 2.75) is 13.1 Å². The standard InChI is InChI=1S/C19H17FN4O/c20-16-9-5-4-8-15(16)11-24-19(25)17-12-23-18(13-21-17)22-10-14-6-2-1-3-7-14/h1-9,12-13H,10-11H2,(H,22,23)(H,24,25). The highest BCUT2D eigenvalue weighted by atomic mass is 19.1. The molecule has 0 bridgehead atoms. The minimum absolute atomic E-state index is 0.0984. The van der Waals surface area contributed by atoms with Crippen molar-refractivity contribution in [2.24, 2.45) is 0 Å². The maximum absolute atomic E-state index is 13.5. The Labute approximate surface area is 145 Å². The number of carbonyl (C=O) groups excluding carboxylic acids is 1. The Bertz CT molecular complexity index is 838. The van der Waals surface area contributed by atoms with Gasteiger partial charge in [0.2, 0.25) is 0 Å². The lowest BCUT2D eigenvalue weighted by Crippen LogP contribution is -2.24. The van der Waals surface area contributed by atoms with Gasteiger partial charge in [0.1, 0.15) is 17.3 Å². The zero-order valence-electron chi connectivity index (χ0n) is 13.4. The summed E-state index contributed by atoms with van der Waals surface area (Å²) < 4.78 is 13.5. The summed E-state index contributed by atoms with van der Waals surface area (Å²) in [6.07, 6.45) is 2.89. The molecule has 2 aromatic carbocycles. The number of hydrogen-bond donors (Lipinski definition) is 2. The van der Waals surface area contributed by atoms with Crippen LogP contribution >= 0.6 is 0 Å². The van der Waals surface area contributed by atoms with Gasteiger partial charge in [0.25, 0.3) is 5.91 Å². The van der Waals surface area contributed by atoms with Gasteiger partial charge < -0.3 is 10.6 Å². The Hall–Kier alpha value is -3.28. The molecule has 0 spiro atoms. The first-order valence-corrected chi connectivity index (χ1v) is 7.84. The number of rotatable bonds is 6. The van der Waals surface area contributed by atoms with Crippen LogP contribution in [0.25, 0.3) is 0 Å². The molecule has 1 aromatic heterocycles. The minimum Gasteiger partial charge on any atom is -0.365 e. The largest absolute Gasteiger partial charge is 0.365 e. The first kappa shape index (κ1) is 16.6. The molecule has 1 heterocycles. The first-order chi connectivity index (χ1) is 12.2. The summed E-state index contributed by atoms with van der Waals surface area (Å²) in [6.45, 7) is 0.718. The number of hydrogen-bond acceptors (Lipinski definition) is 4. The number of nitrogens with one attached hydrogen (secondary N) is 2. The van der Waals surface area contributed by atoms with Gasteiger partial charge >= 0.3 is 0 Å². The van der Waals surface area contributed by atoms with Crippen molar-refractivity contribution < 1.29 is 9.18 Å². The predicted octanol–water partition coefficient (Wildman–Crippen LogP) is 3.16. The van der Waals surface area contributed by atoms with E-state index in [4.69, 9.17) is 0 Å². The van der Waals surface area contributed by atoms with Crippen LogP contribution in [0.3, 0.4) is 0 Å². The molecule has 2 N–H and O–H groups in total. The Kier molecular flexibility index (Phi) is 5.31. The van der Waals surface area contributed by atoms with Gasteiger partial charge in [-0.2, -0.15) is 0 Å². The maximum atomic E-state index is 13.5. The summed E-state index contributed by atoms with van der Waals surface area (Å²) >= 11 is 0. The normalized spacial score (nSPS) is 10.3. The van der Waals surface area contributed by atoms with Crippen molar-refractivity contribution in [3.63, 3.8) is 0 Å². The van der Waals surface area contributed by atoms with Crippen LogP contribution in [-0.4, -0.2) is 15.9 Å². The Morgan fingerprint density at radius 1 is 0.920 bits per heavy atom. The van der Waals surface area contributed by atoms with Crippen molar-refractivity contribution in [1.82, 2.24) is 15.3 Å². The van der Waals surface area contributed by atoms with Crippen LogP contribution in [0.5, 0.6) is 0 Å². The molecule has 0 saturated carbocycles. The molecular weight excluding hydrogens is 319 g/mol. The maximum Gasteiger partial charge on any atom is 0.271 e. The van der Waals surface area contributed by atoms with Crippen molar-refractivity contribution >= 4 is 11.7 Å². The molecule has 0 atom stereocenters. The molecule has 5 nitrogen and oxygen atoms in total. The summed E-state index contributed by atoms with van der Waals surface area (Å²) in [5.74, 6) is -0.172. The highest BCUT2D eigenvalue weighted by molar-refractivity contribution is 5.91. The van der Waals surface area contributed by atoms with Crippen LogP contribution in [0.2, 0.25) is 0 Å². The molecule has 126 valence electrons. The third kappa shape index (κ3) is 4.60. The number of benzene rings is 2. The van der Waals surface area contributed by atoms with E-state index >= 15 is 0 Å². The number of amides is 1. The average molecular weight is 336 g/mol. The second-order valence-corrected chi connectivity index (χ2v) is 5.40. The fourth-order valence-electron chi connectivity index (χ4n) is 2.23. The molecule has 3 aromatic rings. The van der Waals surface area contributed by atoms with Crippen LogP contribution < -0.4 is 10.6 Å². The lowest BCUT2D eigenvalue weighted by atomic mass is 10.2. The highest BCUT2D eigenvalue weighted by Crippen LogP contribution is 2.07. The van der Waals surface area contributed by atoms with Gasteiger partial charge in [-0.3, -0.25) is 4.79 Å². The third-order valence-electron chi connectivity index (χ3n) is 3.60. The van der Waals surface area contributed by atoms with E-state index in [1.807, 2.05) is 30.3 Å². The molecule has 0 aliphatic carbocycles. The zero-order chi connectivity index (χ0) is 17.5. The summed E-state index contributed by atoms with van der Waals surface area (Å²) in [4.78, 5) is 20.3. The van der Waals surface area contributed by atoms with Gasteiger partial charge in [-0.1, -0.05) is 48.5 Å². The van der Waals surface area contributed by atoms with E-state index in [0.717, 1.165) is 5.56 Å². The second-order valence-electron chi connectivity index (χ2n) is 5.40. The van der Waals surface area contributed by atoms with E-state index in [0.29, 0.717) is 17.9 Å². The quantitative estimate of drug-likeness (QED) is 0.726. The fraction of sp³-hybridized carbons (Fsp3) is 0.105. The van der Waals surface area contributed by atoms with Crippen molar-refractivity contribution in [3.05, 3.63) is 89.6 Å². The Balaban J connectivity index is 1.54. The van der Waals surface area contributed by atoms with Gasteiger partial charge in [-0.15, -0.1) is 0 Å². The zero-order valence-corrected chi connectivity index (χ0v) is 13.4. The molecule has 25 heavy (non-hydrogen) atoms. The van der Waals surface area contributed by atoms with E-state index in [1.165, 1.54) is 18.5 Å². The monoisotopic (exact) mass is 336 g/mol. The highest BCUT2D eigenvalue weighted by Gasteiger charge is 2.09. The molecule has 0 aliphatic rings. The van der Waals surface area contributed by atoms with Crippen molar-refractivity contribution in [3.8, 4) is 0 Å². The van der Waals surface area contributed by atoms with Gasteiger partial charge in [0.05, 0.1) is 12.4 Å². The summed E-state index contributed by atoms with van der Waals surface area (Å²) in [5, 5.41) is 5.77. The van der Waals surface area contributed by atoms with Crippen molar-refractivity contribution in [1.29, 1.82) is 0 Å². The van der Waals surface area contributed by atoms with E-state index < -0.39 is 5.91 Å². The second kappa shape index (κ2) is 8.01. The van der Waals surface area contributed by atoms with Gasteiger partial charge in [0.15, 0.2) is 0 Å². The number of nitrogens with zero attached hydrogens (tertiary/aromatic N) is 2. The van der Waals surface area contributed by atoms with Gasteiger partial charge in [0, 0.05) is 18.7 Å². The number of aromatic nitrogens is 2. The van der Waals surface area contributed by atoms with Crippen LogP contribution in [0.15, 0.2) is 67.0 Å². The molecule has 1 amide bonds. The lowest BCUT2D eigenvalue weighted by Gasteiger charge is -2.07. The number of halogens is 1. The molecule has 6 heteroatoms. The third-order valence-corrected chi connectivity index (χ3v) is 3.60. The molecule has 3 rings (SSSR count). The summed E-state index contributed by atoms with van der Waals surface area (Å²) in [7, 11) is 0.